The molecule has 0 unspecified atom stereocenters. The summed E-state index contributed by atoms with van der Waals surface area (Å²) in [5, 5.41) is 2.89. The van der Waals surface area contributed by atoms with Crippen molar-refractivity contribution >= 4 is 21.6 Å². The fourth-order valence-corrected chi connectivity index (χ4v) is 4.15. The van der Waals surface area contributed by atoms with Crippen molar-refractivity contribution in [2.24, 2.45) is 0 Å². The van der Waals surface area contributed by atoms with E-state index in [0.717, 1.165) is 22.5 Å². The van der Waals surface area contributed by atoms with Gasteiger partial charge in [0.05, 0.1) is 18.0 Å². The second-order valence-electron chi connectivity index (χ2n) is 7.54. The topological polar surface area (TPSA) is 75.7 Å². The zero-order valence-corrected chi connectivity index (χ0v) is 19.3. The Balaban J connectivity index is 1.79. The molecule has 0 radical (unpaired) electrons. The van der Waals surface area contributed by atoms with Crippen LogP contribution in [0.5, 0.6) is 11.5 Å². The van der Waals surface area contributed by atoms with Gasteiger partial charge in [-0.3, -0.25) is 9.10 Å². The smallest absolute Gasteiger partial charge is 0.241 e. The number of nitrogens with one attached hydrogen (secondary N) is 1. The van der Waals surface area contributed by atoms with Crippen LogP contribution in [-0.4, -0.2) is 27.1 Å². The highest BCUT2D eigenvalue weighted by Gasteiger charge is 2.25. The predicted molar refractivity (Wildman–Crippen MR) is 128 cm³/mol. The molecule has 3 rings (SSSR count). The number of amides is 1. The first-order valence-corrected chi connectivity index (χ1v) is 12.3. The lowest BCUT2D eigenvalue weighted by Crippen LogP contribution is -2.41. The maximum absolute atomic E-state index is 12.8. The minimum Gasteiger partial charge on any atom is -0.455 e. The highest BCUT2D eigenvalue weighted by Crippen LogP contribution is 2.33. The van der Waals surface area contributed by atoms with Crippen molar-refractivity contribution in [2.75, 3.05) is 17.1 Å². The number of para-hydroxylation sites is 3. The largest absolute Gasteiger partial charge is 0.455 e. The van der Waals surface area contributed by atoms with E-state index in [2.05, 4.69) is 12.2 Å². The summed E-state index contributed by atoms with van der Waals surface area (Å²) in [6.07, 6.45) is 2.02. The zero-order chi connectivity index (χ0) is 23.1. The summed E-state index contributed by atoms with van der Waals surface area (Å²) >= 11 is 0. The van der Waals surface area contributed by atoms with E-state index in [1.807, 2.05) is 49.4 Å². The Labute approximate surface area is 189 Å². The Hall–Kier alpha value is -3.32. The third-order valence-electron chi connectivity index (χ3n) is 5.06. The number of aryl methyl sites for hydroxylation is 1. The molecule has 1 N–H and O–H groups in total. The molecule has 6 nitrogen and oxygen atoms in total. The van der Waals surface area contributed by atoms with Crippen LogP contribution < -0.4 is 14.4 Å². The minimum absolute atomic E-state index is 0.259. The number of hydrogen-bond acceptors (Lipinski definition) is 4. The molecule has 0 heterocycles. The van der Waals surface area contributed by atoms with Crippen molar-refractivity contribution in [1.29, 1.82) is 0 Å². The van der Waals surface area contributed by atoms with Crippen LogP contribution in [0.3, 0.4) is 0 Å². The lowest BCUT2D eigenvalue weighted by Gasteiger charge is -2.25. The summed E-state index contributed by atoms with van der Waals surface area (Å²) in [7, 11) is -3.74. The molecule has 0 saturated heterocycles. The molecule has 1 atom stereocenters. The van der Waals surface area contributed by atoms with Crippen molar-refractivity contribution < 1.29 is 17.9 Å². The van der Waals surface area contributed by atoms with Gasteiger partial charge in [0.15, 0.2) is 5.75 Å². The van der Waals surface area contributed by atoms with Crippen LogP contribution in [-0.2, 0) is 21.2 Å². The summed E-state index contributed by atoms with van der Waals surface area (Å²) in [5.74, 6) is 0.513. The van der Waals surface area contributed by atoms with Crippen LogP contribution in [0.15, 0.2) is 78.9 Å². The van der Waals surface area contributed by atoms with Gasteiger partial charge < -0.3 is 10.1 Å². The van der Waals surface area contributed by atoms with Gasteiger partial charge in [0, 0.05) is 0 Å². The van der Waals surface area contributed by atoms with E-state index < -0.39 is 15.9 Å². The average molecular weight is 453 g/mol. The standard InChI is InChI=1S/C25H28N2O4S/c1-4-20-14-16-21(17-15-20)19(2)26-25(28)18-27(32(3,29)30)23-12-8-9-13-24(23)31-22-10-6-5-7-11-22/h5-17,19H,4,18H2,1-3H3,(H,26,28)/t19-/m0/s1. The number of sulfonamides is 1. The normalized spacial score (nSPS) is 12.1. The van der Waals surface area contributed by atoms with Gasteiger partial charge in [0.1, 0.15) is 12.3 Å². The summed E-state index contributed by atoms with van der Waals surface area (Å²) in [4.78, 5) is 12.8. The summed E-state index contributed by atoms with van der Waals surface area (Å²) in [6.45, 7) is 3.60. The first-order valence-electron chi connectivity index (χ1n) is 10.5. The van der Waals surface area contributed by atoms with Crippen molar-refractivity contribution in [3.63, 3.8) is 0 Å². The summed E-state index contributed by atoms with van der Waals surface area (Å²) in [5.41, 5.74) is 2.47. The molecule has 32 heavy (non-hydrogen) atoms. The molecule has 0 fully saturated rings. The van der Waals surface area contributed by atoms with Crippen molar-refractivity contribution in [2.45, 2.75) is 26.3 Å². The molecule has 3 aromatic rings. The van der Waals surface area contributed by atoms with E-state index in [9.17, 15) is 13.2 Å². The van der Waals surface area contributed by atoms with Crippen LogP contribution >= 0.6 is 0 Å². The molecular weight excluding hydrogens is 424 g/mol. The molecule has 0 saturated carbocycles. The third-order valence-corrected chi connectivity index (χ3v) is 6.18. The highest BCUT2D eigenvalue weighted by molar-refractivity contribution is 7.92. The van der Waals surface area contributed by atoms with Crippen LogP contribution in [0, 0.1) is 0 Å². The average Bonchev–Trinajstić information content (AvgIpc) is 2.78. The molecule has 0 aliphatic carbocycles. The van der Waals surface area contributed by atoms with Crippen LogP contribution in [0.2, 0.25) is 0 Å². The molecule has 168 valence electrons. The molecule has 0 aromatic heterocycles. The fraction of sp³-hybridized carbons (Fsp3) is 0.240. The number of benzene rings is 3. The fourth-order valence-electron chi connectivity index (χ4n) is 3.29. The van der Waals surface area contributed by atoms with Gasteiger partial charge in [-0.25, -0.2) is 8.42 Å². The van der Waals surface area contributed by atoms with Crippen LogP contribution in [0.4, 0.5) is 5.69 Å². The SMILES string of the molecule is CCc1ccc([C@H](C)NC(=O)CN(c2ccccc2Oc2ccccc2)S(C)(=O)=O)cc1. The Morgan fingerprint density at radius 2 is 1.59 bits per heavy atom. The van der Waals surface area contributed by atoms with E-state index in [-0.39, 0.29) is 12.6 Å². The van der Waals surface area contributed by atoms with Gasteiger partial charge in [-0.05, 0) is 48.7 Å². The lowest BCUT2D eigenvalue weighted by atomic mass is 10.1. The maximum Gasteiger partial charge on any atom is 0.241 e. The molecule has 0 aliphatic heterocycles. The van der Waals surface area contributed by atoms with Gasteiger partial charge in [-0.2, -0.15) is 0 Å². The van der Waals surface area contributed by atoms with E-state index >= 15 is 0 Å². The molecule has 3 aromatic carbocycles. The maximum atomic E-state index is 12.8. The number of ether oxygens (including phenoxy) is 1. The number of carbonyl (C=O) groups is 1. The molecule has 0 aliphatic rings. The molecule has 1 amide bonds. The van der Waals surface area contributed by atoms with Crippen molar-refractivity contribution in [1.82, 2.24) is 5.32 Å². The number of carbonyl (C=O) groups excluding carboxylic acids is 1. The first kappa shape index (κ1) is 23.3. The number of rotatable bonds is 9. The predicted octanol–water partition coefficient (Wildman–Crippen LogP) is 4.68. The Kier molecular flexibility index (Phi) is 7.53. The van der Waals surface area contributed by atoms with Gasteiger partial charge in [-0.15, -0.1) is 0 Å². The molecular formula is C25H28N2O4S. The Morgan fingerprint density at radius 1 is 0.969 bits per heavy atom. The molecule has 0 spiro atoms. The third kappa shape index (κ3) is 6.11. The zero-order valence-electron chi connectivity index (χ0n) is 18.5. The van der Waals surface area contributed by atoms with E-state index in [1.54, 1.807) is 36.4 Å². The first-order chi connectivity index (χ1) is 15.3. The number of anilines is 1. The van der Waals surface area contributed by atoms with Crippen LogP contribution in [0.1, 0.15) is 31.0 Å². The highest BCUT2D eigenvalue weighted by atomic mass is 32.2. The molecule has 0 bridgehead atoms. The molecule has 7 heteroatoms. The Morgan fingerprint density at radius 3 is 2.22 bits per heavy atom. The summed E-state index contributed by atoms with van der Waals surface area (Å²) < 4.78 is 32.1. The van der Waals surface area contributed by atoms with E-state index in [0.29, 0.717) is 17.2 Å². The van der Waals surface area contributed by atoms with E-state index in [4.69, 9.17) is 4.74 Å². The second kappa shape index (κ2) is 10.3. The van der Waals surface area contributed by atoms with Crippen molar-refractivity contribution in [3.8, 4) is 11.5 Å². The van der Waals surface area contributed by atoms with Crippen molar-refractivity contribution in [3.05, 3.63) is 90.0 Å². The van der Waals surface area contributed by atoms with Crippen LogP contribution in [0.25, 0.3) is 0 Å². The van der Waals surface area contributed by atoms with Gasteiger partial charge in [0.25, 0.3) is 0 Å². The van der Waals surface area contributed by atoms with Gasteiger partial charge in [-0.1, -0.05) is 61.5 Å². The van der Waals surface area contributed by atoms with E-state index in [1.165, 1.54) is 5.56 Å². The summed E-state index contributed by atoms with van der Waals surface area (Å²) in [6, 6.07) is 23.6. The monoisotopic (exact) mass is 452 g/mol. The number of hydrogen-bond donors (Lipinski definition) is 1. The lowest BCUT2D eigenvalue weighted by molar-refractivity contribution is -0.120. The van der Waals surface area contributed by atoms with Gasteiger partial charge >= 0.3 is 0 Å². The number of nitrogens with zero attached hydrogens (tertiary/aromatic N) is 1. The Bertz CT molecular complexity index is 1150. The minimum atomic E-state index is -3.74. The van der Waals surface area contributed by atoms with Gasteiger partial charge in [0.2, 0.25) is 15.9 Å². The quantitative estimate of drug-likeness (QED) is 0.511. The second-order valence-corrected chi connectivity index (χ2v) is 9.44.